The molecular weight excluding hydrogens is 439 g/mol. The van der Waals surface area contributed by atoms with Gasteiger partial charge < -0.3 is 21.3 Å². The van der Waals surface area contributed by atoms with E-state index in [2.05, 4.69) is 37.6 Å². The monoisotopic (exact) mass is 460 g/mol. The summed E-state index contributed by atoms with van der Waals surface area (Å²) in [5, 5.41) is 11.4. The van der Waals surface area contributed by atoms with Crippen LogP contribution in [0, 0.1) is 0 Å². The molecule has 0 saturated carbocycles. The molecule has 11 heteroatoms. The Morgan fingerprint density at radius 3 is 2.71 bits per heavy atom. The average molecular weight is 461 g/mol. The molecule has 0 spiro atoms. The van der Waals surface area contributed by atoms with Gasteiger partial charge in [0.1, 0.15) is 11.4 Å². The standard InChI is InChI=1S/C20H22Cl2N8O/c1-29-7-3-4-13(11-29)30-10-12(8-25-30)26-20-24-9-14(18(23)31)19(28-20)27-17-15(21)5-2-6-16(17)22/h2,5-6,8-10,13H,3-4,7,11H2,1H3,(H2,23,31)(H2,24,26,27,28). The zero-order chi connectivity index (χ0) is 22.0. The molecule has 1 saturated heterocycles. The number of amides is 1. The second-order valence-electron chi connectivity index (χ2n) is 7.43. The van der Waals surface area contributed by atoms with E-state index in [0.29, 0.717) is 21.8 Å². The van der Waals surface area contributed by atoms with Gasteiger partial charge in [-0.3, -0.25) is 9.48 Å². The molecule has 3 aromatic rings. The molecule has 1 aliphatic heterocycles. The van der Waals surface area contributed by atoms with Gasteiger partial charge in [0, 0.05) is 18.9 Å². The highest BCUT2D eigenvalue weighted by Gasteiger charge is 2.20. The quantitative estimate of drug-likeness (QED) is 0.511. The summed E-state index contributed by atoms with van der Waals surface area (Å²) in [7, 11) is 2.11. The molecule has 1 unspecified atom stereocenters. The van der Waals surface area contributed by atoms with Gasteiger partial charge >= 0.3 is 0 Å². The van der Waals surface area contributed by atoms with E-state index in [-0.39, 0.29) is 17.3 Å². The Labute approximate surface area is 189 Å². The van der Waals surface area contributed by atoms with Crippen molar-refractivity contribution in [1.82, 2.24) is 24.6 Å². The Bertz CT molecular complexity index is 1080. The predicted octanol–water partition coefficient (Wildman–Crippen LogP) is 3.83. The molecule has 4 N–H and O–H groups in total. The van der Waals surface area contributed by atoms with Gasteiger partial charge in [-0.2, -0.15) is 10.1 Å². The molecule has 4 rings (SSSR count). The fourth-order valence-corrected chi connectivity index (χ4v) is 4.03. The molecule has 0 aliphatic carbocycles. The van der Waals surface area contributed by atoms with Gasteiger partial charge in [-0.1, -0.05) is 29.3 Å². The first-order valence-corrected chi connectivity index (χ1v) is 10.5. The lowest BCUT2D eigenvalue weighted by Gasteiger charge is -2.29. The van der Waals surface area contributed by atoms with Gasteiger partial charge in [-0.25, -0.2) is 4.98 Å². The third-order valence-corrected chi connectivity index (χ3v) is 5.72. The number of aromatic nitrogens is 4. The second kappa shape index (κ2) is 9.09. The topological polar surface area (TPSA) is 114 Å². The highest BCUT2D eigenvalue weighted by Crippen LogP contribution is 2.33. The third-order valence-electron chi connectivity index (χ3n) is 5.09. The van der Waals surface area contributed by atoms with Crippen LogP contribution in [0.4, 0.5) is 23.1 Å². The summed E-state index contributed by atoms with van der Waals surface area (Å²) in [6.45, 7) is 2.06. The minimum Gasteiger partial charge on any atom is -0.365 e. The lowest BCUT2D eigenvalue weighted by Crippen LogP contribution is -2.33. The van der Waals surface area contributed by atoms with Crippen molar-refractivity contribution in [1.29, 1.82) is 0 Å². The van der Waals surface area contributed by atoms with Crippen LogP contribution in [0.15, 0.2) is 36.8 Å². The van der Waals surface area contributed by atoms with E-state index < -0.39 is 5.91 Å². The number of carbonyl (C=O) groups excluding carboxylic acids is 1. The van der Waals surface area contributed by atoms with Crippen molar-refractivity contribution in [3.05, 3.63) is 52.4 Å². The number of anilines is 4. The Hall–Kier alpha value is -2.88. The van der Waals surface area contributed by atoms with Gasteiger partial charge in [0.2, 0.25) is 5.95 Å². The van der Waals surface area contributed by atoms with E-state index in [9.17, 15) is 4.79 Å². The van der Waals surface area contributed by atoms with Crippen molar-refractivity contribution in [3.63, 3.8) is 0 Å². The molecular formula is C20H22Cl2N8O. The molecule has 1 aromatic carbocycles. The highest BCUT2D eigenvalue weighted by atomic mass is 35.5. The van der Waals surface area contributed by atoms with Crippen LogP contribution < -0.4 is 16.4 Å². The normalized spacial score (nSPS) is 16.8. The SMILES string of the molecule is CN1CCCC(n2cc(Nc3ncc(C(N)=O)c(Nc4c(Cl)cccc4Cl)n3)cn2)C1. The molecule has 2 aromatic heterocycles. The molecule has 1 amide bonds. The predicted molar refractivity (Wildman–Crippen MR) is 122 cm³/mol. The summed E-state index contributed by atoms with van der Waals surface area (Å²) in [4.78, 5) is 22.8. The van der Waals surface area contributed by atoms with Crippen molar-refractivity contribution in [3.8, 4) is 0 Å². The van der Waals surface area contributed by atoms with Crippen LogP contribution >= 0.6 is 23.2 Å². The summed E-state index contributed by atoms with van der Waals surface area (Å²) >= 11 is 12.5. The van der Waals surface area contributed by atoms with Crippen LogP contribution in [0.5, 0.6) is 0 Å². The lowest BCUT2D eigenvalue weighted by atomic mass is 10.1. The Morgan fingerprint density at radius 1 is 1.23 bits per heavy atom. The van der Waals surface area contributed by atoms with Crippen LogP contribution in [0.1, 0.15) is 29.2 Å². The van der Waals surface area contributed by atoms with Gasteiger partial charge in [-0.15, -0.1) is 0 Å². The molecule has 1 atom stereocenters. The van der Waals surface area contributed by atoms with E-state index in [0.717, 1.165) is 31.6 Å². The van der Waals surface area contributed by atoms with Gasteiger partial charge in [0.05, 0.1) is 33.7 Å². The number of benzene rings is 1. The van der Waals surface area contributed by atoms with Crippen molar-refractivity contribution >= 4 is 52.3 Å². The van der Waals surface area contributed by atoms with Crippen LogP contribution in [-0.2, 0) is 0 Å². The van der Waals surface area contributed by atoms with Crippen LogP contribution in [-0.4, -0.2) is 50.7 Å². The molecule has 0 bridgehead atoms. The maximum Gasteiger partial charge on any atom is 0.254 e. The van der Waals surface area contributed by atoms with Gasteiger partial charge in [0.15, 0.2) is 0 Å². The first-order chi connectivity index (χ1) is 14.9. The molecule has 162 valence electrons. The number of likely N-dealkylation sites (tertiary alicyclic amines) is 1. The zero-order valence-corrected chi connectivity index (χ0v) is 18.4. The first kappa shape index (κ1) is 21.4. The van der Waals surface area contributed by atoms with E-state index in [1.807, 2.05) is 10.9 Å². The lowest BCUT2D eigenvalue weighted by molar-refractivity contribution is 0.100. The van der Waals surface area contributed by atoms with E-state index >= 15 is 0 Å². The molecule has 9 nitrogen and oxygen atoms in total. The van der Waals surface area contributed by atoms with Crippen LogP contribution in [0.2, 0.25) is 10.0 Å². The maximum absolute atomic E-state index is 11.9. The average Bonchev–Trinajstić information content (AvgIpc) is 3.19. The van der Waals surface area contributed by atoms with Crippen molar-refractivity contribution in [2.75, 3.05) is 30.8 Å². The van der Waals surface area contributed by atoms with Crippen molar-refractivity contribution in [2.45, 2.75) is 18.9 Å². The number of likely N-dealkylation sites (N-methyl/N-ethyl adjacent to an activating group) is 1. The number of primary amides is 1. The number of hydrogen-bond acceptors (Lipinski definition) is 7. The zero-order valence-electron chi connectivity index (χ0n) is 16.8. The van der Waals surface area contributed by atoms with Crippen LogP contribution in [0.3, 0.4) is 0 Å². The van der Waals surface area contributed by atoms with E-state index in [1.165, 1.54) is 6.20 Å². The minimum atomic E-state index is -0.675. The third kappa shape index (κ3) is 4.90. The van der Waals surface area contributed by atoms with Crippen LogP contribution in [0.25, 0.3) is 0 Å². The largest absolute Gasteiger partial charge is 0.365 e. The summed E-state index contributed by atoms with van der Waals surface area (Å²) in [5.41, 5.74) is 6.76. The minimum absolute atomic E-state index is 0.113. The highest BCUT2D eigenvalue weighted by molar-refractivity contribution is 6.39. The van der Waals surface area contributed by atoms with Gasteiger partial charge in [-0.05, 0) is 38.6 Å². The molecule has 1 fully saturated rings. The number of carbonyl (C=O) groups is 1. The smallest absolute Gasteiger partial charge is 0.254 e. The van der Waals surface area contributed by atoms with Crippen molar-refractivity contribution < 1.29 is 4.79 Å². The van der Waals surface area contributed by atoms with E-state index in [1.54, 1.807) is 24.4 Å². The molecule has 3 heterocycles. The Morgan fingerprint density at radius 2 is 2.00 bits per heavy atom. The molecule has 0 radical (unpaired) electrons. The summed E-state index contributed by atoms with van der Waals surface area (Å²) in [5.74, 6) is -0.205. The number of nitrogens with two attached hydrogens (primary N) is 1. The Kier molecular flexibility index (Phi) is 6.26. The summed E-state index contributed by atoms with van der Waals surface area (Å²) in [6.07, 6.45) is 7.22. The summed E-state index contributed by atoms with van der Waals surface area (Å²) < 4.78 is 1.96. The van der Waals surface area contributed by atoms with Gasteiger partial charge in [0.25, 0.3) is 5.91 Å². The molecule has 1 aliphatic rings. The maximum atomic E-state index is 11.9. The second-order valence-corrected chi connectivity index (χ2v) is 8.25. The fourth-order valence-electron chi connectivity index (χ4n) is 3.54. The number of nitrogens with one attached hydrogen (secondary N) is 2. The number of nitrogens with zero attached hydrogens (tertiary/aromatic N) is 5. The number of hydrogen-bond donors (Lipinski definition) is 3. The summed E-state index contributed by atoms with van der Waals surface area (Å²) in [6, 6.07) is 5.40. The number of halogens is 2. The number of para-hydroxylation sites is 1. The number of rotatable bonds is 6. The molecule has 31 heavy (non-hydrogen) atoms. The Balaban J connectivity index is 1.57. The number of piperidine rings is 1. The first-order valence-electron chi connectivity index (χ1n) is 9.78. The van der Waals surface area contributed by atoms with Crippen molar-refractivity contribution in [2.24, 2.45) is 5.73 Å². The fraction of sp³-hybridized carbons (Fsp3) is 0.300. The van der Waals surface area contributed by atoms with E-state index in [4.69, 9.17) is 28.9 Å².